The number of nitrogens with zero attached hydrogens (tertiary/aromatic N) is 2. The van der Waals surface area contributed by atoms with Crippen LogP contribution in [0.1, 0.15) is 59.3 Å². The van der Waals surface area contributed by atoms with Crippen LogP contribution in [0.2, 0.25) is 0 Å². The molecule has 5 heteroatoms. The van der Waals surface area contributed by atoms with Gasteiger partial charge in [0.2, 0.25) is 0 Å². The van der Waals surface area contributed by atoms with Gasteiger partial charge in [-0.05, 0) is 79.9 Å². The Morgan fingerprint density at radius 3 is 2.08 bits per heavy atom. The monoisotopic (exact) mass is 507 g/mol. The second-order valence-corrected chi connectivity index (χ2v) is 11.4. The molecule has 0 aliphatic heterocycles. The van der Waals surface area contributed by atoms with Gasteiger partial charge in [0.25, 0.3) is 0 Å². The number of unbranched alkanes of at least 4 members (excludes halogenated alkanes) is 5. The van der Waals surface area contributed by atoms with E-state index in [-0.39, 0.29) is 5.54 Å². The van der Waals surface area contributed by atoms with Crippen molar-refractivity contribution in [3.8, 4) is 11.3 Å². The lowest BCUT2D eigenvalue weighted by atomic mass is 9.94. The molecule has 0 spiro atoms. The fraction of sp³-hybridized carbons (Fsp3) is 0.364. The van der Waals surface area contributed by atoms with Gasteiger partial charge in [-0.2, -0.15) is 0 Å². The lowest BCUT2D eigenvalue weighted by molar-refractivity contribution is 0.605. The van der Waals surface area contributed by atoms with Crippen LogP contribution in [-0.2, 0) is 0 Å². The number of benzene rings is 3. The van der Waals surface area contributed by atoms with Crippen molar-refractivity contribution in [1.29, 1.82) is 0 Å². The number of anilines is 2. The Kier molecular flexibility index (Phi) is 7.85. The van der Waals surface area contributed by atoms with Crippen LogP contribution in [-0.4, -0.2) is 28.0 Å². The van der Waals surface area contributed by atoms with Crippen molar-refractivity contribution in [1.82, 2.24) is 9.38 Å². The normalized spacial score (nSPS) is 12.0. The highest BCUT2D eigenvalue weighted by molar-refractivity contribution is 6.13. The van der Waals surface area contributed by atoms with Gasteiger partial charge in [0.15, 0.2) is 0 Å². The standard InChI is InChI=1S/C33H41N5/c1-33(2,3)37-32-31(30-27-16-10-8-14-24(27)22-25-15-9-11-17-28(25)30)36-29-19-18-26(23-38(29)32)35-21-13-7-5-4-6-12-20-34/h8-11,14-19,22-23,35,37H,4-7,12-13,20-21,34H2,1-3H3. The molecule has 5 aromatic rings. The first-order valence-electron chi connectivity index (χ1n) is 14.1. The van der Waals surface area contributed by atoms with Crippen LogP contribution < -0.4 is 16.4 Å². The number of aromatic nitrogens is 2. The van der Waals surface area contributed by atoms with E-state index in [0.29, 0.717) is 0 Å². The Hall–Kier alpha value is -3.57. The molecule has 3 aromatic carbocycles. The fourth-order valence-electron chi connectivity index (χ4n) is 5.28. The topological polar surface area (TPSA) is 67.4 Å². The van der Waals surface area contributed by atoms with Crippen molar-refractivity contribution >= 4 is 38.7 Å². The number of pyridine rings is 1. The molecule has 198 valence electrons. The molecule has 2 aromatic heterocycles. The predicted octanol–water partition coefficient (Wildman–Crippen LogP) is 8.23. The summed E-state index contributed by atoms with van der Waals surface area (Å²) >= 11 is 0. The lowest BCUT2D eigenvalue weighted by Gasteiger charge is -2.23. The summed E-state index contributed by atoms with van der Waals surface area (Å²) < 4.78 is 2.21. The summed E-state index contributed by atoms with van der Waals surface area (Å²) in [6.07, 6.45) is 9.57. The Bertz CT molecular complexity index is 1470. The quantitative estimate of drug-likeness (QED) is 0.124. The summed E-state index contributed by atoms with van der Waals surface area (Å²) in [7, 11) is 0. The number of hydrogen-bond acceptors (Lipinski definition) is 4. The maximum atomic E-state index is 5.60. The van der Waals surface area contributed by atoms with Gasteiger partial charge in [0, 0.05) is 23.8 Å². The second-order valence-electron chi connectivity index (χ2n) is 11.4. The molecule has 0 unspecified atom stereocenters. The highest BCUT2D eigenvalue weighted by Crippen LogP contribution is 2.40. The SMILES string of the molecule is CC(C)(C)Nc1c(-c2c3ccccc3cc3ccccc23)nc2ccc(NCCCCCCCCN)cn12. The maximum absolute atomic E-state index is 5.60. The first-order chi connectivity index (χ1) is 18.4. The van der Waals surface area contributed by atoms with Gasteiger partial charge in [-0.15, -0.1) is 0 Å². The van der Waals surface area contributed by atoms with E-state index >= 15 is 0 Å². The smallest absolute Gasteiger partial charge is 0.139 e. The molecule has 0 bridgehead atoms. The van der Waals surface area contributed by atoms with Gasteiger partial charge < -0.3 is 16.4 Å². The zero-order valence-electron chi connectivity index (χ0n) is 23.1. The largest absolute Gasteiger partial charge is 0.384 e. The zero-order chi connectivity index (χ0) is 26.5. The van der Waals surface area contributed by atoms with Crippen molar-refractivity contribution in [3.63, 3.8) is 0 Å². The fourth-order valence-corrected chi connectivity index (χ4v) is 5.28. The molecule has 38 heavy (non-hydrogen) atoms. The predicted molar refractivity (Wildman–Crippen MR) is 164 cm³/mol. The third-order valence-electron chi connectivity index (χ3n) is 7.08. The van der Waals surface area contributed by atoms with Crippen molar-refractivity contribution in [2.45, 2.75) is 64.8 Å². The molecule has 2 heterocycles. The molecule has 0 amide bonds. The molecule has 4 N–H and O–H groups in total. The molecule has 5 rings (SSSR count). The maximum Gasteiger partial charge on any atom is 0.139 e. The number of nitrogens with two attached hydrogens (primary N) is 1. The molecule has 0 aliphatic rings. The number of rotatable bonds is 11. The van der Waals surface area contributed by atoms with Crippen LogP contribution >= 0.6 is 0 Å². The number of imidazole rings is 1. The Balaban J connectivity index is 1.52. The molecule has 0 aliphatic carbocycles. The Labute approximate surface area is 226 Å². The summed E-state index contributed by atoms with van der Waals surface area (Å²) in [5, 5.41) is 12.3. The third-order valence-corrected chi connectivity index (χ3v) is 7.08. The number of fused-ring (bicyclic) bond motifs is 3. The van der Waals surface area contributed by atoms with Crippen LogP contribution in [0.15, 0.2) is 72.9 Å². The van der Waals surface area contributed by atoms with Gasteiger partial charge in [-0.1, -0.05) is 74.2 Å². The third kappa shape index (κ3) is 5.78. The van der Waals surface area contributed by atoms with Crippen LogP contribution in [0, 0.1) is 0 Å². The van der Waals surface area contributed by atoms with E-state index in [4.69, 9.17) is 10.7 Å². The van der Waals surface area contributed by atoms with Crippen molar-refractivity contribution in [3.05, 3.63) is 72.9 Å². The van der Waals surface area contributed by atoms with E-state index in [2.05, 4.69) is 109 Å². The van der Waals surface area contributed by atoms with Gasteiger partial charge in [-0.25, -0.2) is 4.98 Å². The molecule has 5 nitrogen and oxygen atoms in total. The van der Waals surface area contributed by atoms with E-state index in [1.165, 1.54) is 59.2 Å². The summed E-state index contributed by atoms with van der Waals surface area (Å²) in [6.45, 7) is 8.38. The molecule has 0 atom stereocenters. The second kappa shape index (κ2) is 11.4. The van der Waals surface area contributed by atoms with Gasteiger partial charge in [0.1, 0.15) is 17.2 Å². The van der Waals surface area contributed by atoms with Crippen molar-refractivity contribution in [2.75, 3.05) is 23.7 Å². The molecule has 0 saturated carbocycles. The molecular weight excluding hydrogens is 466 g/mol. The van der Waals surface area contributed by atoms with Crippen molar-refractivity contribution in [2.24, 2.45) is 5.73 Å². The van der Waals surface area contributed by atoms with Gasteiger partial charge in [-0.3, -0.25) is 4.40 Å². The first-order valence-corrected chi connectivity index (χ1v) is 14.1. The average Bonchev–Trinajstić information content (AvgIpc) is 3.24. The highest BCUT2D eigenvalue weighted by Gasteiger charge is 2.22. The minimum Gasteiger partial charge on any atom is -0.384 e. The Morgan fingerprint density at radius 1 is 0.789 bits per heavy atom. The van der Waals surface area contributed by atoms with Crippen LogP contribution in [0.4, 0.5) is 11.5 Å². The van der Waals surface area contributed by atoms with Gasteiger partial charge in [0.05, 0.1) is 5.69 Å². The van der Waals surface area contributed by atoms with Crippen LogP contribution in [0.5, 0.6) is 0 Å². The lowest BCUT2D eigenvalue weighted by Crippen LogP contribution is -2.27. The molecular formula is C33H41N5. The summed E-state index contributed by atoms with van der Waals surface area (Å²) in [5.41, 5.74) is 9.70. The summed E-state index contributed by atoms with van der Waals surface area (Å²) in [4.78, 5) is 5.22. The minimum absolute atomic E-state index is 0.127. The summed E-state index contributed by atoms with van der Waals surface area (Å²) in [6, 6.07) is 23.8. The molecule has 0 saturated heterocycles. The number of hydrogen-bond donors (Lipinski definition) is 3. The zero-order valence-corrected chi connectivity index (χ0v) is 23.1. The van der Waals surface area contributed by atoms with E-state index < -0.39 is 0 Å². The number of nitrogens with one attached hydrogen (secondary N) is 2. The molecule has 0 fully saturated rings. The van der Waals surface area contributed by atoms with Crippen molar-refractivity contribution < 1.29 is 0 Å². The van der Waals surface area contributed by atoms with E-state index in [1.54, 1.807) is 0 Å². The average molecular weight is 508 g/mol. The van der Waals surface area contributed by atoms with E-state index in [1.807, 2.05) is 0 Å². The summed E-state index contributed by atoms with van der Waals surface area (Å²) in [5.74, 6) is 1.03. The first kappa shape index (κ1) is 26.1. The van der Waals surface area contributed by atoms with Gasteiger partial charge >= 0.3 is 0 Å². The van der Waals surface area contributed by atoms with Crippen LogP contribution in [0.3, 0.4) is 0 Å². The van der Waals surface area contributed by atoms with Crippen LogP contribution in [0.25, 0.3) is 38.4 Å². The minimum atomic E-state index is -0.127. The van der Waals surface area contributed by atoms with E-state index in [0.717, 1.165) is 42.4 Å². The molecule has 0 radical (unpaired) electrons. The Morgan fingerprint density at radius 2 is 1.42 bits per heavy atom. The highest BCUT2D eigenvalue weighted by atomic mass is 15.2. The van der Waals surface area contributed by atoms with E-state index in [9.17, 15) is 0 Å².